The molecule has 5 rings (SSSR count). The van der Waals surface area contributed by atoms with Gasteiger partial charge in [0.2, 0.25) is 11.4 Å². The van der Waals surface area contributed by atoms with E-state index in [-0.39, 0.29) is 45.4 Å². The molecule has 1 aliphatic heterocycles. The highest BCUT2D eigenvalue weighted by molar-refractivity contribution is 7.87. The molecule has 0 aliphatic carbocycles. The number of fused-ring (bicyclic) bond motifs is 1. The molecule has 1 aliphatic rings. The Morgan fingerprint density at radius 1 is 1.00 bits per heavy atom. The predicted molar refractivity (Wildman–Crippen MR) is 138 cm³/mol. The Balaban J connectivity index is 1.56. The van der Waals surface area contributed by atoms with Crippen LogP contribution in [0.25, 0.3) is 11.2 Å². The molecule has 1 aromatic carbocycles. The van der Waals surface area contributed by atoms with Gasteiger partial charge in [-0.1, -0.05) is 17.7 Å². The number of aromatic nitrogens is 5. The Kier molecular flexibility index (Phi) is 6.84. The van der Waals surface area contributed by atoms with Gasteiger partial charge in [0.05, 0.1) is 13.2 Å². The van der Waals surface area contributed by atoms with E-state index in [2.05, 4.69) is 19.9 Å². The van der Waals surface area contributed by atoms with Gasteiger partial charge < -0.3 is 18.2 Å². The zero-order chi connectivity index (χ0) is 27.0. The average Bonchev–Trinajstić information content (AvgIpc) is 2.90. The van der Waals surface area contributed by atoms with Crippen LogP contribution in [0.4, 0.5) is 0 Å². The molecule has 0 radical (unpaired) electrons. The number of rotatable bonds is 6. The molecule has 38 heavy (non-hydrogen) atoms. The van der Waals surface area contributed by atoms with Crippen LogP contribution in [0.1, 0.15) is 47.5 Å². The van der Waals surface area contributed by atoms with Gasteiger partial charge in [-0.25, -0.2) is 15.0 Å². The van der Waals surface area contributed by atoms with Gasteiger partial charge in [-0.2, -0.15) is 13.4 Å². The van der Waals surface area contributed by atoms with E-state index in [1.54, 1.807) is 38.4 Å². The van der Waals surface area contributed by atoms with Crippen LogP contribution in [-0.4, -0.2) is 46.6 Å². The number of aryl methyl sites for hydroxylation is 3. The van der Waals surface area contributed by atoms with E-state index >= 15 is 0 Å². The van der Waals surface area contributed by atoms with Crippen molar-refractivity contribution >= 4 is 21.3 Å². The van der Waals surface area contributed by atoms with Gasteiger partial charge in [0.1, 0.15) is 16.4 Å². The number of hydrogen-bond donors (Lipinski definition) is 0. The number of methoxy groups -OCH3 is 1. The minimum Gasteiger partial charge on any atom is -0.480 e. The summed E-state index contributed by atoms with van der Waals surface area (Å²) in [6.07, 6.45) is 2.60. The quantitative estimate of drug-likeness (QED) is 0.337. The number of pyridine rings is 1. The van der Waals surface area contributed by atoms with Crippen molar-refractivity contribution in [3.05, 3.63) is 75.6 Å². The molecule has 1 saturated heterocycles. The largest absolute Gasteiger partial charge is 0.480 e. The molecular formula is C26H27N5O6S. The molecule has 198 valence electrons. The first-order chi connectivity index (χ1) is 18.1. The second kappa shape index (κ2) is 10.1. The fourth-order valence-corrected chi connectivity index (χ4v) is 5.25. The zero-order valence-corrected chi connectivity index (χ0v) is 22.2. The highest BCUT2D eigenvalue weighted by atomic mass is 32.2. The van der Waals surface area contributed by atoms with Crippen molar-refractivity contribution in [2.24, 2.45) is 7.05 Å². The Labute approximate surface area is 219 Å². The van der Waals surface area contributed by atoms with Gasteiger partial charge in [-0.3, -0.25) is 4.79 Å². The van der Waals surface area contributed by atoms with Crippen molar-refractivity contribution in [1.82, 2.24) is 24.5 Å². The third kappa shape index (κ3) is 5.09. The van der Waals surface area contributed by atoms with Gasteiger partial charge in [0, 0.05) is 31.8 Å². The molecule has 4 aromatic rings. The highest BCUT2D eigenvalue weighted by Crippen LogP contribution is 2.37. The normalized spacial score (nSPS) is 17.9. The standard InChI is InChI=1S/C26H27N5O6S/c1-15-5-8-19(9-6-15)38(33,34)37-26-22-24(27-16(2)25(28-22)35-4)29-23(30-26)17-11-12-36-20(13-17)18-7-10-21(32)31(3)14-18/h5-10,14,17,20H,11-13H2,1-4H3/t17?,20-/m1/s1. The van der Waals surface area contributed by atoms with Crippen LogP contribution in [-0.2, 0) is 21.9 Å². The molecule has 11 nitrogen and oxygen atoms in total. The summed E-state index contributed by atoms with van der Waals surface area (Å²) in [6.45, 7) is 4.02. The molecule has 1 unspecified atom stereocenters. The molecule has 12 heteroatoms. The van der Waals surface area contributed by atoms with Crippen LogP contribution in [0, 0.1) is 13.8 Å². The van der Waals surface area contributed by atoms with E-state index in [1.807, 2.05) is 6.92 Å². The first-order valence-corrected chi connectivity index (χ1v) is 13.4. The molecular weight excluding hydrogens is 510 g/mol. The molecule has 3 aromatic heterocycles. The van der Waals surface area contributed by atoms with Crippen LogP contribution < -0.4 is 14.5 Å². The van der Waals surface area contributed by atoms with Crippen LogP contribution in [0.15, 0.2) is 52.3 Å². The van der Waals surface area contributed by atoms with Crippen molar-refractivity contribution in [3.63, 3.8) is 0 Å². The maximum atomic E-state index is 13.2. The van der Waals surface area contributed by atoms with E-state index in [0.29, 0.717) is 31.0 Å². The van der Waals surface area contributed by atoms with Crippen LogP contribution >= 0.6 is 0 Å². The maximum absolute atomic E-state index is 13.2. The predicted octanol–water partition coefficient (Wildman–Crippen LogP) is 3.15. The van der Waals surface area contributed by atoms with Gasteiger partial charge in [0.15, 0.2) is 11.2 Å². The lowest BCUT2D eigenvalue weighted by Crippen LogP contribution is -2.23. The number of ether oxygens (including phenoxy) is 2. The van der Waals surface area contributed by atoms with Gasteiger partial charge in [-0.15, -0.1) is 0 Å². The van der Waals surface area contributed by atoms with E-state index in [9.17, 15) is 13.2 Å². The molecule has 0 bridgehead atoms. The first kappa shape index (κ1) is 25.7. The summed E-state index contributed by atoms with van der Waals surface area (Å²) in [6, 6.07) is 9.58. The SMILES string of the molecule is COc1nc2c(OS(=O)(=O)c3ccc(C)cc3)nc(C3CCO[C@@H](c4ccc(=O)n(C)c4)C3)nc2nc1C. The topological polar surface area (TPSA) is 135 Å². The monoisotopic (exact) mass is 537 g/mol. The minimum absolute atomic E-state index is 0.00994. The molecule has 4 heterocycles. The molecule has 0 saturated carbocycles. The smallest absolute Gasteiger partial charge is 0.340 e. The minimum atomic E-state index is -4.22. The van der Waals surface area contributed by atoms with Gasteiger partial charge in [0.25, 0.3) is 5.88 Å². The second-order valence-electron chi connectivity index (χ2n) is 9.22. The van der Waals surface area contributed by atoms with Crippen molar-refractivity contribution in [2.75, 3.05) is 13.7 Å². The van der Waals surface area contributed by atoms with Gasteiger partial charge >= 0.3 is 10.1 Å². The summed E-state index contributed by atoms with van der Waals surface area (Å²) >= 11 is 0. The lowest BCUT2D eigenvalue weighted by Gasteiger charge is -2.29. The third-order valence-electron chi connectivity index (χ3n) is 6.47. The zero-order valence-electron chi connectivity index (χ0n) is 21.4. The summed E-state index contributed by atoms with van der Waals surface area (Å²) in [5.74, 6) is 0.196. The molecule has 1 fully saturated rings. The first-order valence-electron chi connectivity index (χ1n) is 12.0. The number of nitrogens with zero attached hydrogens (tertiary/aromatic N) is 5. The second-order valence-corrected chi connectivity index (χ2v) is 10.8. The Bertz CT molecular complexity index is 1670. The summed E-state index contributed by atoms with van der Waals surface area (Å²) in [7, 11) is -1.08. The number of benzene rings is 1. The third-order valence-corrected chi connectivity index (χ3v) is 7.70. The summed E-state index contributed by atoms with van der Waals surface area (Å²) < 4.78 is 44.6. The van der Waals surface area contributed by atoms with Crippen LogP contribution in [0.2, 0.25) is 0 Å². The van der Waals surface area contributed by atoms with Crippen molar-refractivity contribution in [2.45, 2.75) is 43.6 Å². The summed E-state index contributed by atoms with van der Waals surface area (Å²) in [4.78, 5) is 29.9. The number of hydrogen-bond acceptors (Lipinski definition) is 10. The Morgan fingerprint density at radius 2 is 1.76 bits per heavy atom. The summed E-state index contributed by atoms with van der Waals surface area (Å²) in [5.41, 5.74) is 2.43. The molecule has 0 amide bonds. The van der Waals surface area contributed by atoms with E-state index < -0.39 is 10.1 Å². The van der Waals surface area contributed by atoms with E-state index in [0.717, 1.165) is 11.1 Å². The molecule has 0 spiro atoms. The fraction of sp³-hybridized carbons (Fsp3) is 0.346. The van der Waals surface area contributed by atoms with Crippen LogP contribution in [0.3, 0.4) is 0 Å². The Morgan fingerprint density at radius 3 is 2.47 bits per heavy atom. The average molecular weight is 538 g/mol. The van der Waals surface area contributed by atoms with Crippen LogP contribution in [0.5, 0.6) is 11.8 Å². The van der Waals surface area contributed by atoms with E-state index in [1.165, 1.54) is 29.9 Å². The molecule has 2 atom stereocenters. The Hall–Kier alpha value is -3.90. The fourth-order valence-electron chi connectivity index (χ4n) is 4.36. The van der Waals surface area contributed by atoms with Gasteiger partial charge in [-0.05, 0) is 50.5 Å². The lowest BCUT2D eigenvalue weighted by molar-refractivity contribution is 0.00358. The maximum Gasteiger partial charge on any atom is 0.340 e. The van der Waals surface area contributed by atoms with E-state index in [4.69, 9.17) is 13.7 Å². The molecule has 0 N–H and O–H groups in total. The van der Waals surface area contributed by atoms with Crippen molar-refractivity contribution < 1.29 is 22.1 Å². The van der Waals surface area contributed by atoms with Crippen molar-refractivity contribution in [3.8, 4) is 11.8 Å². The van der Waals surface area contributed by atoms with Crippen molar-refractivity contribution in [1.29, 1.82) is 0 Å². The highest BCUT2D eigenvalue weighted by Gasteiger charge is 2.30. The summed E-state index contributed by atoms with van der Waals surface area (Å²) in [5, 5.41) is 0. The lowest BCUT2D eigenvalue weighted by atomic mass is 9.91.